The van der Waals surface area contributed by atoms with Gasteiger partial charge in [-0.2, -0.15) is 0 Å². The van der Waals surface area contributed by atoms with Gasteiger partial charge in [-0.15, -0.1) is 0 Å². The zero-order chi connectivity index (χ0) is 10.6. The average Bonchev–Trinajstić information content (AvgIpc) is 2.59. The summed E-state index contributed by atoms with van der Waals surface area (Å²) in [4.78, 5) is 6.55. The van der Waals surface area contributed by atoms with Gasteiger partial charge >= 0.3 is 0 Å². The molecule has 0 atom stereocenters. The van der Waals surface area contributed by atoms with Crippen LogP contribution in [0.3, 0.4) is 0 Å². The van der Waals surface area contributed by atoms with Gasteiger partial charge in [0.25, 0.3) is 0 Å². The maximum Gasteiger partial charge on any atom is 0.189 e. The summed E-state index contributed by atoms with van der Waals surface area (Å²) in [6.45, 7) is 12.8. The van der Waals surface area contributed by atoms with E-state index < -0.39 is 0 Å². The van der Waals surface area contributed by atoms with Crippen molar-refractivity contribution in [2.75, 3.05) is 0 Å². The van der Waals surface area contributed by atoms with E-state index in [1.165, 1.54) is 5.39 Å². The van der Waals surface area contributed by atoms with Crippen molar-refractivity contribution in [1.29, 1.82) is 0 Å². The molecule has 0 saturated carbocycles. The fourth-order valence-electron chi connectivity index (χ4n) is 1.33. The van der Waals surface area contributed by atoms with Crippen molar-refractivity contribution >= 4 is 16.6 Å². The highest BCUT2D eigenvalue weighted by atomic mass is 14.7. The lowest BCUT2D eigenvalue weighted by molar-refractivity contribution is 1.30. The lowest BCUT2D eigenvalue weighted by Gasteiger charge is -1.89. The number of aromatic amines is 1. The minimum atomic E-state index is 0.685. The molecular weight excluding hydrogens is 172 g/mol. The first-order chi connectivity index (χ1) is 6.79. The minimum absolute atomic E-state index is 0.685. The number of hydrogen-bond acceptors (Lipinski definition) is 0. The van der Waals surface area contributed by atoms with Crippen LogP contribution in [0.5, 0.6) is 0 Å². The zero-order valence-corrected chi connectivity index (χ0v) is 8.76. The highest BCUT2D eigenvalue weighted by Crippen LogP contribution is 2.21. The summed E-state index contributed by atoms with van der Waals surface area (Å²) in [6, 6.07) is 7.74. The molecule has 14 heavy (non-hydrogen) atoms. The molecule has 2 rings (SSSR count). The molecule has 2 aromatic rings. The van der Waals surface area contributed by atoms with E-state index in [4.69, 9.17) is 6.57 Å². The molecule has 72 valence electrons. The smallest absolute Gasteiger partial charge is 0.189 e. The SMILES string of the molecule is CC.[C-]#[N+]c1ccc2cc(C)[nH]c2c1. The van der Waals surface area contributed by atoms with Crippen molar-refractivity contribution in [3.8, 4) is 0 Å². The first-order valence-corrected chi connectivity index (χ1v) is 4.76. The van der Waals surface area contributed by atoms with Gasteiger partial charge in [0.1, 0.15) is 0 Å². The fourth-order valence-corrected chi connectivity index (χ4v) is 1.33. The van der Waals surface area contributed by atoms with Crippen LogP contribution in [0.4, 0.5) is 5.69 Å². The summed E-state index contributed by atoms with van der Waals surface area (Å²) in [5, 5.41) is 1.17. The summed E-state index contributed by atoms with van der Waals surface area (Å²) in [6.07, 6.45) is 0. The predicted molar refractivity (Wildman–Crippen MR) is 60.6 cm³/mol. The Morgan fingerprint density at radius 2 is 1.93 bits per heavy atom. The van der Waals surface area contributed by atoms with E-state index in [9.17, 15) is 0 Å². The third-order valence-electron chi connectivity index (χ3n) is 1.87. The van der Waals surface area contributed by atoms with Gasteiger partial charge in [0.05, 0.1) is 6.57 Å². The topological polar surface area (TPSA) is 20.1 Å². The highest BCUT2D eigenvalue weighted by molar-refractivity contribution is 5.83. The van der Waals surface area contributed by atoms with E-state index in [-0.39, 0.29) is 0 Å². The molecule has 0 saturated heterocycles. The molecule has 2 nitrogen and oxygen atoms in total. The molecule has 0 aliphatic heterocycles. The number of aryl methyl sites for hydroxylation is 1. The second-order valence-electron chi connectivity index (χ2n) is 2.84. The molecule has 0 aliphatic carbocycles. The largest absolute Gasteiger partial charge is 0.360 e. The molecule has 0 radical (unpaired) electrons. The van der Waals surface area contributed by atoms with Crippen molar-refractivity contribution in [2.45, 2.75) is 20.8 Å². The number of fused-ring (bicyclic) bond motifs is 1. The van der Waals surface area contributed by atoms with Crippen LogP contribution in [-0.2, 0) is 0 Å². The number of H-pyrrole nitrogens is 1. The number of nitrogens with zero attached hydrogens (tertiary/aromatic N) is 1. The Balaban J connectivity index is 0.000000461. The summed E-state index contributed by atoms with van der Waals surface area (Å²) < 4.78 is 0. The molecule has 0 aliphatic rings. The van der Waals surface area contributed by atoms with Gasteiger partial charge in [0, 0.05) is 11.2 Å². The van der Waals surface area contributed by atoms with E-state index in [2.05, 4.69) is 15.9 Å². The Morgan fingerprint density at radius 1 is 1.21 bits per heavy atom. The molecule has 0 bridgehead atoms. The summed E-state index contributed by atoms with van der Waals surface area (Å²) in [7, 11) is 0. The average molecular weight is 186 g/mol. The van der Waals surface area contributed by atoms with Crippen LogP contribution < -0.4 is 0 Å². The van der Waals surface area contributed by atoms with Crippen molar-refractivity contribution in [3.63, 3.8) is 0 Å². The first kappa shape index (κ1) is 10.3. The van der Waals surface area contributed by atoms with Crippen molar-refractivity contribution in [2.24, 2.45) is 0 Å². The maximum absolute atomic E-state index is 6.84. The van der Waals surface area contributed by atoms with E-state index in [1.807, 2.05) is 39.0 Å². The van der Waals surface area contributed by atoms with E-state index in [1.54, 1.807) is 0 Å². The lowest BCUT2D eigenvalue weighted by atomic mass is 10.2. The van der Waals surface area contributed by atoms with Crippen LogP contribution in [0.25, 0.3) is 15.7 Å². The number of aromatic nitrogens is 1. The van der Waals surface area contributed by atoms with Gasteiger partial charge in [0.2, 0.25) is 0 Å². The number of rotatable bonds is 0. The van der Waals surface area contributed by atoms with Crippen LogP contribution >= 0.6 is 0 Å². The normalized spacial score (nSPS) is 9.00. The Labute approximate surface area is 84.4 Å². The number of nitrogens with one attached hydrogen (secondary N) is 1. The van der Waals surface area contributed by atoms with Crippen molar-refractivity contribution < 1.29 is 0 Å². The summed E-state index contributed by atoms with van der Waals surface area (Å²) >= 11 is 0. The maximum atomic E-state index is 6.84. The van der Waals surface area contributed by atoms with Gasteiger partial charge < -0.3 is 4.98 Å². The monoisotopic (exact) mass is 186 g/mol. The van der Waals surface area contributed by atoms with Crippen LogP contribution in [-0.4, -0.2) is 4.98 Å². The predicted octanol–water partition coefficient (Wildman–Crippen LogP) is 4.05. The number of hydrogen-bond donors (Lipinski definition) is 1. The van der Waals surface area contributed by atoms with Gasteiger partial charge in [0.15, 0.2) is 5.69 Å². The third kappa shape index (κ3) is 1.94. The van der Waals surface area contributed by atoms with Gasteiger partial charge in [-0.1, -0.05) is 26.0 Å². The molecule has 0 unspecified atom stereocenters. The standard InChI is InChI=1S/C10H8N2.C2H6/c1-7-5-8-3-4-9(11-2)6-10(8)12-7;1-2/h3-6,12H,1H3;1-2H3. The second kappa shape index (κ2) is 4.48. The molecule has 1 heterocycles. The Hall–Kier alpha value is -1.75. The molecule has 0 amide bonds. The molecule has 0 fully saturated rings. The third-order valence-corrected chi connectivity index (χ3v) is 1.87. The quantitative estimate of drug-likeness (QED) is 0.599. The van der Waals surface area contributed by atoms with Crippen molar-refractivity contribution in [1.82, 2.24) is 4.98 Å². The van der Waals surface area contributed by atoms with Crippen LogP contribution in [0.15, 0.2) is 24.3 Å². The molecule has 1 aromatic heterocycles. The summed E-state index contributed by atoms with van der Waals surface area (Å²) in [5.41, 5.74) is 2.86. The van der Waals surface area contributed by atoms with E-state index in [0.717, 1.165) is 11.2 Å². The van der Waals surface area contributed by atoms with Gasteiger partial charge in [-0.25, -0.2) is 4.85 Å². The fraction of sp³-hybridized carbons (Fsp3) is 0.250. The Morgan fingerprint density at radius 3 is 2.57 bits per heavy atom. The van der Waals surface area contributed by atoms with Crippen LogP contribution in [0, 0.1) is 13.5 Å². The molecule has 2 heteroatoms. The lowest BCUT2D eigenvalue weighted by Crippen LogP contribution is -1.67. The Bertz CT molecular complexity index is 461. The first-order valence-electron chi connectivity index (χ1n) is 4.76. The molecular formula is C12H14N2. The van der Waals surface area contributed by atoms with E-state index in [0.29, 0.717) is 5.69 Å². The van der Waals surface area contributed by atoms with Crippen LogP contribution in [0.1, 0.15) is 19.5 Å². The van der Waals surface area contributed by atoms with E-state index >= 15 is 0 Å². The van der Waals surface area contributed by atoms with Crippen molar-refractivity contribution in [3.05, 3.63) is 41.4 Å². The molecule has 0 spiro atoms. The van der Waals surface area contributed by atoms with Gasteiger partial charge in [-0.05, 0) is 24.4 Å². The molecule has 1 N–H and O–H groups in total. The highest BCUT2D eigenvalue weighted by Gasteiger charge is 1.97. The summed E-state index contributed by atoms with van der Waals surface area (Å²) in [5.74, 6) is 0. The minimum Gasteiger partial charge on any atom is -0.360 e. The zero-order valence-electron chi connectivity index (χ0n) is 8.76. The second-order valence-corrected chi connectivity index (χ2v) is 2.84. The molecule has 1 aromatic carbocycles. The Kier molecular flexibility index (Phi) is 3.30. The number of benzene rings is 1. The van der Waals surface area contributed by atoms with Gasteiger partial charge in [-0.3, -0.25) is 0 Å². The van der Waals surface area contributed by atoms with Crippen LogP contribution in [0.2, 0.25) is 0 Å².